The van der Waals surface area contributed by atoms with Gasteiger partial charge in [0.05, 0.1) is 10.5 Å². The SMILES string of the molecule is CCNc1nc(-c2ccccc2[N+](=O)[O-])nc(C)c1C. The van der Waals surface area contributed by atoms with Gasteiger partial charge < -0.3 is 5.32 Å². The summed E-state index contributed by atoms with van der Waals surface area (Å²) in [5.74, 6) is 1.09. The number of anilines is 1. The summed E-state index contributed by atoms with van der Waals surface area (Å²) in [6.45, 7) is 6.50. The van der Waals surface area contributed by atoms with Gasteiger partial charge in [0.15, 0.2) is 5.82 Å². The molecule has 1 aromatic heterocycles. The fourth-order valence-electron chi connectivity index (χ4n) is 1.91. The molecule has 0 aliphatic rings. The van der Waals surface area contributed by atoms with Crippen molar-refractivity contribution in [1.82, 2.24) is 9.97 Å². The Morgan fingerprint density at radius 3 is 2.60 bits per heavy atom. The first-order chi connectivity index (χ1) is 9.54. The summed E-state index contributed by atoms with van der Waals surface area (Å²) in [6, 6.07) is 6.50. The minimum atomic E-state index is -0.416. The lowest BCUT2D eigenvalue weighted by Gasteiger charge is -2.11. The third-order valence-corrected chi connectivity index (χ3v) is 3.08. The maximum Gasteiger partial charge on any atom is 0.280 e. The lowest BCUT2D eigenvalue weighted by molar-refractivity contribution is -0.384. The van der Waals surface area contributed by atoms with Crippen molar-refractivity contribution in [3.63, 3.8) is 0 Å². The van der Waals surface area contributed by atoms with E-state index in [1.165, 1.54) is 6.07 Å². The second-order valence-electron chi connectivity index (χ2n) is 4.41. The number of hydrogen-bond donors (Lipinski definition) is 1. The number of nitrogens with zero attached hydrogens (tertiary/aromatic N) is 3. The average Bonchev–Trinajstić information content (AvgIpc) is 2.43. The van der Waals surface area contributed by atoms with E-state index in [2.05, 4.69) is 15.3 Å². The quantitative estimate of drug-likeness (QED) is 0.683. The molecule has 0 bridgehead atoms. The molecule has 0 saturated heterocycles. The number of hydrogen-bond acceptors (Lipinski definition) is 5. The molecule has 0 amide bonds. The molecule has 1 heterocycles. The van der Waals surface area contributed by atoms with Crippen molar-refractivity contribution >= 4 is 11.5 Å². The summed E-state index contributed by atoms with van der Waals surface area (Å²) < 4.78 is 0. The molecule has 1 N–H and O–H groups in total. The van der Waals surface area contributed by atoms with Gasteiger partial charge in [0.1, 0.15) is 5.82 Å². The van der Waals surface area contributed by atoms with Crippen molar-refractivity contribution in [1.29, 1.82) is 0 Å². The third-order valence-electron chi connectivity index (χ3n) is 3.08. The second-order valence-corrected chi connectivity index (χ2v) is 4.41. The molecule has 0 unspecified atom stereocenters. The number of para-hydroxylation sites is 1. The van der Waals surface area contributed by atoms with Crippen molar-refractivity contribution in [2.75, 3.05) is 11.9 Å². The molecule has 0 spiro atoms. The summed E-state index contributed by atoms with van der Waals surface area (Å²) in [5, 5.41) is 14.2. The molecule has 0 saturated carbocycles. The van der Waals surface area contributed by atoms with E-state index in [9.17, 15) is 10.1 Å². The molecule has 2 aromatic rings. The molecule has 104 valence electrons. The van der Waals surface area contributed by atoms with Gasteiger partial charge in [0, 0.05) is 23.9 Å². The molecular weight excluding hydrogens is 256 g/mol. The molecule has 0 atom stereocenters. The normalized spacial score (nSPS) is 10.3. The van der Waals surface area contributed by atoms with E-state index in [4.69, 9.17) is 0 Å². The molecule has 0 aliphatic carbocycles. The summed E-state index contributed by atoms with van der Waals surface area (Å²) in [7, 11) is 0. The number of aryl methyl sites for hydroxylation is 1. The molecule has 6 heteroatoms. The highest BCUT2D eigenvalue weighted by atomic mass is 16.6. The van der Waals surface area contributed by atoms with Crippen molar-refractivity contribution in [2.24, 2.45) is 0 Å². The van der Waals surface area contributed by atoms with Gasteiger partial charge >= 0.3 is 0 Å². The van der Waals surface area contributed by atoms with Gasteiger partial charge in [-0.2, -0.15) is 0 Å². The zero-order valence-electron chi connectivity index (χ0n) is 11.7. The number of nitro groups is 1. The van der Waals surface area contributed by atoms with Gasteiger partial charge in [0.25, 0.3) is 5.69 Å². The highest BCUT2D eigenvalue weighted by Gasteiger charge is 2.18. The largest absolute Gasteiger partial charge is 0.370 e. The lowest BCUT2D eigenvalue weighted by Crippen LogP contribution is -2.06. The van der Waals surface area contributed by atoms with Crippen LogP contribution in [0, 0.1) is 24.0 Å². The summed E-state index contributed by atoms with van der Waals surface area (Å²) in [5.41, 5.74) is 2.20. The van der Waals surface area contributed by atoms with Crippen molar-refractivity contribution in [2.45, 2.75) is 20.8 Å². The van der Waals surface area contributed by atoms with Crippen molar-refractivity contribution in [3.05, 3.63) is 45.6 Å². The van der Waals surface area contributed by atoms with E-state index in [0.717, 1.165) is 17.8 Å². The maximum absolute atomic E-state index is 11.1. The average molecular weight is 272 g/mol. The number of nitrogens with one attached hydrogen (secondary N) is 1. The number of rotatable bonds is 4. The zero-order chi connectivity index (χ0) is 14.7. The first-order valence-electron chi connectivity index (χ1n) is 6.37. The van der Waals surface area contributed by atoms with E-state index >= 15 is 0 Å². The van der Waals surface area contributed by atoms with E-state index in [1.54, 1.807) is 18.2 Å². The van der Waals surface area contributed by atoms with Crippen LogP contribution in [0.4, 0.5) is 11.5 Å². The monoisotopic (exact) mass is 272 g/mol. The van der Waals surface area contributed by atoms with Crippen LogP contribution in [0.3, 0.4) is 0 Å². The van der Waals surface area contributed by atoms with Gasteiger partial charge in [0.2, 0.25) is 0 Å². The Labute approximate surface area is 117 Å². The Morgan fingerprint density at radius 1 is 1.25 bits per heavy atom. The molecule has 0 radical (unpaired) electrons. The zero-order valence-corrected chi connectivity index (χ0v) is 11.7. The van der Waals surface area contributed by atoms with Crippen LogP contribution >= 0.6 is 0 Å². The van der Waals surface area contributed by atoms with Crippen LogP contribution in [0.15, 0.2) is 24.3 Å². The third kappa shape index (κ3) is 2.59. The Bertz CT molecular complexity index is 656. The van der Waals surface area contributed by atoms with E-state index in [-0.39, 0.29) is 5.69 Å². The van der Waals surface area contributed by atoms with Gasteiger partial charge in [-0.3, -0.25) is 10.1 Å². The Hall–Kier alpha value is -2.50. The van der Waals surface area contributed by atoms with Crippen molar-refractivity contribution in [3.8, 4) is 11.4 Å². The van der Waals surface area contributed by atoms with Crippen LogP contribution in [0.25, 0.3) is 11.4 Å². The first-order valence-corrected chi connectivity index (χ1v) is 6.37. The van der Waals surface area contributed by atoms with E-state index < -0.39 is 4.92 Å². The molecular formula is C14H16N4O2. The Morgan fingerprint density at radius 2 is 1.95 bits per heavy atom. The van der Waals surface area contributed by atoms with E-state index in [0.29, 0.717) is 17.2 Å². The fourth-order valence-corrected chi connectivity index (χ4v) is 1.91. The number of nitro benzene ring substituents is 1. The van der Waals surface area contributed by atoms with Crippen LogP contribution in [-0.2, 0) is 0 Å². The van der Waals surface area contributed by atoms with Crippen LogP contribution in [0.2, 0.25) is 0 Å². The van der Waals surface area contributed by atoms with Gasteiger partial charge in [-0.25, -0.2) is 9.97 Å². The summed E-state index contributed by atoms with van der Waals surface area (Å²) in [6.07, 6.45) is 0. The molecule has 6 nitrogen and oxygen atoms in total. The van der Waals surface area contributed by atoms with Crippen LogP contribution in [0.1, 0.15) is 18.2 Å². The van der Waals surface area contributed by atoms with Crippen LogP contribution in [-0.4, -0.2) is 21.4 Å². The van der Waals surface area contributed by atoms with Gasteiger partial charge in [-0.15, -0.1) is 0 Å². The second kappa shape index (κ2) is 5.64. The highest BCUT2D eigenvalue weighted by molar-refractivity contribution is 5.69. The maximum atomic E-state index is 11.1. The molecule has 1 aromatic carbocycles. The molecule has 0 fully saturated rings. The minimum Gasteiger partial charge on any atom is -0.370 e. The predicted molar refractivity (Wildman–Crippen MR) is 77.8 cm³/mol. The minimum absolute atomic E-state index is 0.0122. The Balaban J connectivity index is 2.61. The fraction of sp³-hybridized carbons (Fsp3) is 0.286. The molecule has 2 rings (SSSR count). The predicted octanol–water partition coefficient (Wildman–Crippen LogP) is 3.10. The summed E-state index contributed by atoms with van der Waals surface area (Å²) in [4.78, 5) is 19.5. The van der Waals surface area contributed by atoms with E-state index in [1.807, 2.05) is 20.8 Å². The van der Waals surface area contributed by atoms with Gasteiger partial charge in [-0.05, 0) is 26.8 Å². The smallest absolute Gasteiger partial charge is 0.280 e. The van der Waals surface area contributed by atoms with Crippen LogP contribution < -0.4 is 5.32 Å². The van der Waals surface area contributed by atoms with Crippen LogP contribution in [0.5, 0.6) is 0 Å². The Kier molecular flexibility index (Phi) is 3.93. The van der Waals surface area contributed by atoms with Crippen molar-refractivity contribution < 1.29 is 4.92 Å². The number of aromatic nitrogens is 2. The lowest BCUT2D eigenvalue weighted by atomic mass is 10.1. The first kappa shape index (κ1) is 13.9. The van der Waals surface area contributed by atoms with Gasteiger partial charge in [-0.1, -0.05) is 12.1 Å². The number of benzene rings is 1. The standard InChI is InChI=1S/C14H16N4O2/c1-4-15-13-9(2)10(3)16-14(17-13)11-7-5-6-8-12(11)18(19)20/h5-8H,4H2,1-3H3,(H,15,16,17). The summed E-state index contributed by atoms with van der Waals surface area (Å²) >= 11 is 0. The molecule has 20 heavy (non-hydrogen) atoms. The topological polar surface area (TPSA) is 81.0 Å². The molecule has 0 aliphatic heterocycles. The highest BCUT2D eigenvalue weighted by Crippen LogP contribution is 2.29.